The molecule has 0 bridgehead atoms. The van der Waals surface area contributed by atoms with Crippen molar-refractivity contribution in [2.45, 2.75) is 26.8 Å². The lowest BCUT2D eigenvalue weighted by atomic mass is 10.1. The molecule has 5 nitrogen and oxygen atoms in total. The fourth-order valence-electron chi connectivity index (χ4n) is 2.79. The third-order valence-electron chi connectivity index (χ3n) is 3.99. The number of nitrogens with one attached hydrogen (secondary N) is 2. The van der Waals surface area contributed by atoms with Gasteiger partial charge in [-0.2, -0.15) is 0 Å². The van der Waals surface area contributed by atoms with E-state index in [1.165, 1.54) is 4.57 Å². The van der Waals surface area contributed by atoms with E-state index in [-0.39, 0.29) is 18.1 Å². The molecule has 0 spiro atoms. The number of carbonyl (C=O) groups is 1. The van der Waals surface area contributed by atoms with Crippen LogP contribution in [-0.4, -0.2) is 15.5 Å². The number of hydrogen-bond donors (Lipinski definition) is 2. The number of para-hydroxylation sites is 3. The van der Waals surface area contributed by atoms with Gasteiger partial charge in [0.15, 0.2) is 0 Å². The van der Waals surface area contributed by atoms with Crippen LogP contribution in [0.25, 0.3) is 11.0 Å². The molecule has 0 unspecified atom stereocenters. The highest BCUT2D eigenvalue weighted by Gasteiger charge is 2.12. The van der Waals surface area contributed by atoms with E-state index in [1.807, 2.05) is 49.4 Å². The normalized spacial score (nSPS) is 10.9. The van der Waals surface area contributed by atoms with Crippen LogP contribution in [0, 0.1) is 6.92 Å². The fourth-order valence-corrected chi connectivity index (χ4v) is 2.79. The molecule has 0 aliphatic rings. The smallest absolute Gasteiger partial charge is 0.324 e. The van der Waals surface area contributed by atoms with Gasteiger partial charge in [0.2, 0.25) is 5.91 Å². The van der Waals surface area contributed by atoms with E-state index in [0.717, 1.165) is 34.3 Å². The molecule has 118 valence electrons. The largest absolute Gasteiger partial charge is 0.326 e. The Balaban J connectivity index is 1.88. The summed E-state index contributed by atoms with van der Waals surface area (Å²) in [5.74, 6) is -0.208. The first-order valence-corrected chi connectivity index (χ1v) is 7.66. The van der Waals surface area contributed by atoms with Crippen LogP contribution in [0.15, 0.2) is 47.3 Å². The highest BCUT2D eigenvalue weighted by Crippen LogP contribution is 2.21. The lowest BCUT2D eigenvalue weighted by molar-refractivity contribution is -0.116. The van der Waals surface area contributed by atoms with Crippen molar-refractivity contribution in [3.8, 4) is 0 Å². The summed E-state index contributed by atoms with van der Waals surface area (Å²) in [7, 11) is 0. The molecule has 0 saturated heterocycles. The summed E-state index contributed by atoms with van der Waals surface area (Å²) >= 11 is 0. The number of aryl methyl sites for hydroxylation is 2. The van der Waals surface area contributed by atoms with Crippen LogP contribution in [0.4, 0.5) is 5.69 Å². The summed E-state index contributed by atoms with van der Waals surface area (Å²) in [6, 6.07) is 13.3. The molecule has 2 N–H and O–H groups in total. The SMILES string of the molecule is CCc1cccc(C)c1NC(=O)Cn1c(=O)[nH]c2ccccc21. The van der Waals surface area contributed by atoms with Gasteiger partial charge in [0.25, 0.3) is 0 Å². The number of rotatable bonds is 4. The number of nitrogens with zero attached hydrogens (tertiary/aromatic N) is 1. The minimum atomic E-state index is -0.276. The van der Waals surface area contributed by atoms with Crippen molar-refractivity contribution in [2.24, 2.45) is 0 Å². The molecule has 0 aliphatic heterocycles. The van der Waals surface area contributed by atoms with Crippen LogP contribution in [0.3, 0.4) is 0 Å². The van der Waals surface area contributed by atoms with Gasteiger partial charge in [-0.3, -0.25) is 9.36 Å². The van der Waals surface area contributed by atoms with Gasteiger partial charge >= 0.3 is 5.69 Å². The van der Waals surface area contributed by atoms with Gasteiger partial charge in [-0.25, -0.2) is 4.79 Å². The van der Waals surface area contributed by atoms with Crippen molar-refractivity contribution in [2.75, 3.05) is 5.32 Å². The van der Waals surface area contributed by atoms with Crippen LogP contribution in [0.1, 0.15) is 18.1 Å². The molecular formula is C18H19N3O2. The summed E-state index contributed by atoms with van der Waals surface area (Å²) in [5, 5.41) is 2.95. The van der Waals surface area contributed by atoms with E-state index in [9.17, 15) is 9.59 Å². The molecule has 1 heterocycles. The summed E-state index contributed by atoms with van der Waals surface area (Å²) in [4.78, 5) is 27.2. The number of aromatic nitrogens is 2. The first-order valence-electron chi connectivity index (χ1n) is 7.66. The van der Waals surface area contributed by atoms with E-state index in [1.54, 1.807) is 0 Å². The number of imidazole rings is 1. The second-order valence-corrected chi connectivity index (χ2v) is 5.54. The van der Waals surface area contributed by atoms with E-state index in [2.05, 4.69) is 17.2 Å². The van der Waals surface area contributed by atoms with E-state index >= 15 is 0 Å². The Kier molecular flexibility index (Phi) is 4.02. The van der Waals surface area contributed by atoms with Gasteiger partial charge in [-0.15, -0.1) is 0 Å². The highest BCUT2D eigenvalue weighted by molar-refractivity contribution is 5.93. The molecule has 0 saturated carbocycles. The minimum Gasteiger partial charge on any atom is -0.324 e. The Labute approximate surface area is 134 Å². The van der Waals surface area contributed by atoms with E-state index in [0.29, 0.717) is 0 Å². The number of hydrogen-bond acceptors (Lipinski definition) is 2. The van der Waals surface area contributed by atoms with Gasteiger partial charge in [0.1, 0.15) is 6.54 Å². The zero-order valence-electron chi connectivity index (χ0n) is 13.2. The number of aromatic amines is 1. The van der Waals surface area contributed by atoms with Crippen molar-refractivity contribution >= 4 is 22.6 Å². The molecule has 0 atom stereocenters. The molecule has 0 fully saturated rings. The molecule has 1 aromatic heterocycles. The first kappa shape index (κ1) is 15.1. The lowest BCUT2D eigenvalue weighted by Crippen LogP contribution is -2.26. The first-order chi connectivity index (χ1) is 11.1. The Morgan fingerprint density at radius 2 is 1.96 bits per heavy atom. The number of fused-ring (bicyclic) bond motifs is 1. The molecule has 1 amide bonds. The highest BCUT2D eigenvalue weighted by atomic mass is 16.2. The standard InChI is InChI=1S/C18H19N3O2/c1-3-13-8-6-7-12(2)17(13)20-16(22)11-21-15-10-5-4-9-14(15)19-18(21)23/h4-10H,3,11H2,1-2H3,(H,19,23)(H,20,22). The van der Waals surface area contributed by atoms with Crippen LogP contribution < -0.4 is 11.0 Å². The number of carbonyl (C=O) groups excluding carboxylic acids is 1. The summed E-state index contributed by atoms with van der Waals surface area (Å²) < 4.78 is 1.45. The average molecular weight is 309 g/mol. The monoisotopic (exact) mass is 309 g/mol. The molecule has 3 rings (SSSR count). The van der Waals surface area contributed by atoms with E-state index < -0.39 is 0 Å². The van der Waals surface area contributed by atoms with Crippen molar-refractivity contribution < 1.29 is 4.79 Å². The van der Waals surface area contributed by atoms with Gasteiger partial charge < -0.3 is 10.3 Å². The van der Waals surface area contributed by atoms with Crippen molar-refractivity contribution in [1.29, 1.82) is 0 Å². The summed E-state index contributed by atoms with van der Waals surface area (Å²) in [6.45, 7) is 4.00. The maximum Gasteiger partial charge on any atom is 0.326 e. The maximum atomic E-state index is 12.4. The van der Waals surface area contributed by atoms with Crippen molar-refractivity contribution in [3.63, 3.8) is 0 Å². The van der Waals surface area contributed by atoms with Crippen molar-refractivity contribution in [3.05, 3.63) is 64.1 Å². The second-order valence-electron chi connectivity index (χ2n) is 5.54. The third-order valence-corrected chi connectivity index (χ3v) is 3.99. The zero-order valence-corrected chi connectivity index (χ0v) is 13.2. The minimum absolute atomic E-state index is 0.0136. The average Bonchev–Trinajstić information content (AvgIpc) is 2.85. The predicted octanol–water partition coefficient (Wildman–Crippen LogP) is 2.84. The number of anilines is 1. The van der Waals surface area contributed by atoms with Gasteiger partial charge in [0, 0.05) is 5.69 Å². The van der Waals surface area contributed by atoms with Crippen molar-refractivity contribution in [1.82, 2.24) is 9.55 Å². The van der Waals surface area contributed by atoms with Crippen LogP contribution in [-0.2, 0) is 17.8 Å². The Hall–Kier alpha value is -2.82. The molecule has 0 radical (unpaired) electrons. The predicted molar refractivity (Wildman–Crippen MR) is 91.7 cm³/mol. The van der Waals surface area contributed by atoms with Gasteiger partial charge in [0.05, 0.1) is 11.0 Å². The van der Waals surface area contributed by atoms with Gasteiger partial charge in [-0.05, 0) is 36.6 Å². The summed E-state index contributed by atoms with van der Waals surface area (Å²) in [6.07, 6.45) is 0.838. The maximum absolute atomic E-state index is 12.4. The Bertz CT molecular complexity index is 921. The zero-order chi connectivity index (χ0) is 16.4. The van der Waals surface area contributed by atoms with Crippen LogP contribution >= 0.6 is 0 Å². The Morgan fingerprint density at radius 1 is 1.17 bits per heavy atom. The van der Waals surface area contributed by atoms with Crippen LogP contribution in [0.2, 0.25) is 0 Å². The second kappa shape index (κ2) is 6.12. The van der Waals surface area contributed by atoms with E-state index in [4.69, 9.17) is 0 Å². The lowest BCUT2D eigenvalue weighted by Gasteiger charge is -2.13. The molecule has 5 heteroatoms. The van der Waals surface area contributed by atoms with Gasteiger partial charge in [-0.1, -0.05) is 37.3 Å². The summed E-state index contributed by atoms with van der Waals surface area (Å²) in [5.41, 5.74) is 4.13. The third kappa shape index (κ3) is 2.90. The number of H-pyrrole nitrogens is 1. The molecule has 3 aromatic rings. The molecule has 0 aliphatic carbocycles. The van der Waals surface area contributed by atoms with Crippen LogP contribution in [0.5, 0.6) is 0 Å². The molecule has 2 aromatic carbocycles. The fraction of sp³-hybridized carbons (Fsp3) is 0.222. The quantitative estimate of drug-likeness (QED) is 0.778. The topological polar surface area (TPSA) is 66.9 Å². The number of benzene rings is 2. The Morgan fingerprint density at radius 3 is 2.74 bits per heavy atom. The number of amides is 1. The molecule has 23 heavy (non-hydrogen) atoms. The molecular weight excluding hydrogens is 290 g/mol.